The van der Waals surface area contributed by atoms with Gasteiger partial charge in [0.05, 0.1) is 5.56 Å². The van der Waals surface area contributed by atoms with Crippen molar-refractivity contribution < 1.29 is 18.0 Å². The molecule has 22 heavy (non-hydrogen) atoms. The van der Waals surface area contributed by atoms with Crippen LogP contribution in [0.5, 0.6) is 0 Å². The van der Waals surface area contributed by atoms with Crippen LogP contribution in [0.1, 0.15) is 11.1 Å². The molecule has 116 valence electrons. The summed E-state index contributed by atoms with van der Waals surface area (Å²) in [6, 6.07) is 11.3. The zero-order valence-corrected chi connectivity index (χ0v) is 12.8. The Labute approximate surface area is 133 Å². The summed E-state index contributed by atoms with van der Waals surface area (Å²) in [6.07, 6.45) is -4.44. The average molecular weight is 373 g/mol. The predicted molar refractivity (Wildman–Crippen MR) is 81.4 cm³/mol. The Morgan fingerprint density at radius 2 is 1.82 bits per heavy atom. The van der Waals surface area contributed by atoms with Crippen LogP contribution in [0.15, 0.2) is 53.0 Å². The number of carbonyl (C=O) groups is 1. The van der Waals surface area contributed by atoms with E-state index in [4.69, 9.17) is 0 Å². The lowest BCUT2D eigenvalue weighted by atomic mass is 10.2. The summed E-state index contributed by atoms with van der Waals surface area (Å²) in [5.74, 6) is 0. The molecule has 0 spiro atoms. The smallest absolute Gasteiger partial charge is 0.334 e. The number of rotatable bonds is 3. The van der Waals surface area contributed by atoms with Gasteiger partial charge in [-0.25, -0.2) is 4.79 Å². The average Bonchev–Trinajstić information content (AvgIpc) is 2.45. The summed E-state index contributed by atoms with van der Waals surface area (Å²) in [4.78, 5) is 11.7. The van der Waals surface area contributed by atoms with E-state index in [0.717, 1.165) is 22.2 Å². The first-order valence-corrected chi connectivity index (χ1v) is 7.10. The number of anilines is 1. The van der Waals surface area contributed by atoms with Crippen LogP contribution in [0.3, 0.4) is 0 Å². The maximum Gasteiger partial charge on any atom is 0.416 e. The Kier molecular flexibility index (Phi) is 5.07. The van der Waals surface area contributed by atoms with Crippen molar-refractivity contribution in [2.75, 3.05) is 5.32 Å². The number of nitrogens with one attached hydrogen (secondary N) is 2. The fraction of sp³-hybridized carbons (Fsp3) is 0.133. The van der Waals surface area contributed by atoms with Gasteiger partial charge in [-0.3, -0.25) is 0 Å². The number of hydrogen-bond donors (Lipinski definition) is 2. The van der Waals surface area contributed by atoms with E-state index < -0.39 is 17.8 Å². The van der Waals surface area contributed by atoms with Crippen LogP contribution in [0.25, 0.3) is 0 Å². The molecule has 2 aromatic carbocycles. The third-order valence-electron chi connectivity index (χ3n) is 2.79. The molecule has 0 aromatic heterocycles. The summed E-state index contributed by atoms with van der Waals surface area (Å²) in [5, 5.41) is 4.96. The number of alkyl halides is 3. The van der Waals surface area contributed by atoms with E-state index in [2.05, 4.69) is 26.6 Å². The number of carbonyl (C=O) groups excluding carboxylic acids is 1. The summed E-state index contributed by atoms with van der Waals surface area (Å²) in [7, 11) is 0. The fourth-order valence-corrected chi connectivity index (χ4v) is 2.22. The molecule has 0 aliphatic heterocycles. The summed E-state index contributed by atoms with van der Waals surface area (Å²) < 4.78 is 38.6. The highest BCUT2D eigenvalue weighted by Gasteiger charge is 2.30. The molecular weight excluding hydrogens is 361 g/mol. The Morgan fingerprint density at radius 3 is 2.50 bits per heavy atom. The third kappa shape index (κ3) is 4.77. The van der Waals surface area contributed by atoms with E-state index in [1.807, 2.05) is 24.3 Å². The minimum atomic E-state index is -4.44. The number of benzene rings is 2. The predicted octanol–water partition coefficient (Wildman–Crippen LogP) is 4.79. The lowest BCUT2D eigenvalue weighted by Crippen LogP contribution is -2.28. The normalized spacial score (nSPS) is 11.1. The summed E-state index contributed by atoms with van der Waals surface area (Å²) in [6.45, 7) is 0.268. The molecule has 2 amide bonds. The molecule has 2 N–H and O–H groups in total. The van der Waals surface area contributed by atoms with Gasteiger partial charge in [-0.1, -0.05) is 34.1 Å². The molecule has 0 fully saturated rings. The van der Waals surface area contributed by atoms with E-state index in [9.17, 15) is 18.0 Å². The van der Waals surface area contributed by atoms with Crippen molar-refractivity contribution in [1.29, 1.82) is 0 Å². The van der Waals surface area contributed by atoms with Crippen LogP contribution in [-0.4, -0.2) is 6.03 Å². The molecule has 2 aromatic rings. The van der Waals surface area contributed by atoms with Gasteiger partial charge in [-0.15, -0.1) is 0 Å². The zero-order valence-electron chi connectivity index (χ0n) is 11.2. The van der Waals surface area contributed by atoms with Crippen LogP contribution in [-0.2, 0) is 12.7 Å². The van der Waals surface area contributed by atoms with E-state index in [0.29, 0.717) is 0 Å². The first-order chi connectivity index (χ1) is 10.3. The highest BCUT2D eigenvalue weighted by Crippen LogP contribution is 2.30. The van der Waals surface area contributed by atoms with Crippen LogP contribution in [0.4, 0.5) is 23.7 Å². The van der Waals surface area contributed by atoms with Crippen molar-refractivity contribution in [2.24, 2.45) is 0 Å². The number of amides is 2. The molecule has 0 atom stereocenters. The first kappa shape index (κ1) is 16.4. The van der Waals surface area contributed by atoms with Crippen molar-refractivity contribution in [3.05, 3.63) is 64.1 Å². The molecular formula is C15H12BrF3N2O. The van der Waals surface area contributed by atoms with E-state index in [1.54, 1.807) is 0 Å². The molecule has 0 aliphatic carbocycles. The van der Waals surface area contributed by atoms with Gasteiger partial charge in [0, 0.05) is 16.7 Å². The second-order valence-electron chi connectivity index (χ2n) is 4.52. The van der Waals surface area contributed by atoms with E-state index in [-0.39, 0.29) is 12.2 Å². The molecule has 3 nitrogen and oxygen atoms in total. The standard InChI is InChI=1S/C15H12BrF3N2O/c16-12-5-1-3-10(7-12)9-20-14(22)21-13-6-2-4-11(8-13)15(17,18)19/h1-8H,9H2,(H2,20,21,22). The molecule has 0 aliphatic rings. The van der Waals surface area contributed by atoms with Crippen LogP contribution >= 0.6 is 15.9 Å². The van der Waals surface area contributed by atoms with Gasteiger partial charge >= 0.3 is 12.2 Å². The Bertz CT molecular complexity index is 674. The SMILES string of the molecule is O=C(NCc1cccc(Br)c1)Nc1cccc(C(F)(F)F)c1. The Balaban J connectivity index is 1.95. The Morgan fingerprint density at radius 1 is 1.09 bits per heavy atom. The summed E-state index contributed by atoms with van der Waals surface area (Å²) in [5.41, 5.74) is 0.146. The largest absolute Gasteiger partial charge is 0.416 e. The lowest BCUT2D eigenvalue weighted by Gasteiger charge is -2.11. The van der Waals surface area contributed by atoms with Gasteiger partial charge in [0.1, 0.15) is 0 Å². The molecule has 7 heteroatoms. The van der Waals surface area contributed by atoms with Crippen molar-refractivity contribution in [2.45, 2.75) is 12.7 Å². The number of hydrogen-bond acceptors (Lipinski definition) is 1. The van der Waals surface area contributed by atoms with Crippen molar-refractivity contribution >= 4 is 27.6 Å². The van der Waals surface area contributed by atoms with Crippen LogP contribution < -0.4 is 10.6 Å². The number of halogens is 4. The highest BCUT2D eigenvalue weighted by molar-refractivity contribution is 9.10. The molecule has 0 saturated carbocycles. The molecule has 0 bridgehead atoms. The maximum atomic E-state index is 12.6. The topological polar surface area (TPSA) is 41.1 Å². The third-order valence-corrected chi connectivity index (χ3v) is 3.28. The molecule has 0 saturated heterocycles. The molecule has 0 heterocycles. The lowest BCUT2D eigenvalue weighted by molar-refractivity contribution is -0.137. The minimum Gasteiger partial charge on any atom is -0.334 e. The fourth-order valence-electron chi connectivity index (χ4n) is 1.78. The minimum absolute atomic E-state index is 0.0848. The van der Waals surface area contributed by atoms with Crippen LogP contribution in [0.2, 0.25) is 0 Å². The second kappa shape index (κ2) is 6.83. The van der Waals surface area contributed by atoms with Crippen molar-refractivity contribution in [3.8, 4) is 0 Å². The second-order valence-corrected chi connectivity index (χ2v) is 5.43. The van der Waals surface area contributed by atoms with Gasteiger partial charge in [-0.05, 0) is 35.9 Å². The van der Waals surface area contributed by atoms with Crippen molar-refractivity contribution in [3.63, 3.8) is 0 Å². The van der Waals surface area contributed by atoms with Crippen LogP contribution in [0, 0.1) is 0 Å². The van der Waals surface area contributed by atoms with Gasteiger partial charge in [0.25, 0.3) is 0 Å². The summed E-state index contributed by atoms with van der Waals surface area (Å²) >= 11 is 3.31. The Hall–Kier alpha value is -2.02. The van der Waals surface area contributed by atoms with E-state index in [1.165, 1.54) is 12.1 Å². The molecule has 0 radical (unpaired) electrons. The van der Waals surface area contributed by atoms with Gasteiger partial charge in [0.2, 0.25) is 0 Å². The number of urea groups is 1. The maximum absolute atomic E-state index is 12.6. The van der Waals surface area contributed by atoms with Gasteiger partial charge < -0.3 is 10.6 Å². The highest BCUT2D eigenvalue weighted by atomic mass is 79.9. The van der Waals surface area contributed by atoms with Gasteiger partial charge in [-0.2, -0.15) is 13.2 Å². The molecule has 2 rings (SSSR count). The van der Waals surface area contributed by atoms with E-state index >= 15 is 0 Å². The molecule has 0 unspecified atom stereocenters. The van der Waals surface area contributed by atoms with Gasteiger partial charge in [0.15, 0.2) is 0 Å². The monoisotopic (exact) mass is 372 g/mol. The zero-order chi connectivity index (χ0) is 16.2. The van der Waals surface area contributed by atoms with Crippen molar-refractivity contribution in [1.82, 2.24) is 5.32 Å². The first-order valence-electron chi connectivity index (χ1n) is 6.31. The quantitative estimate of drug-likeness (QED) is 0.798.